The number of nitrogens with one attached hydrogen (secondary N) is 2. The Labute approximate surface area is 145 Å². The molecule has 3 aromatic rings. The zero-order chi connectivity index (χ0) is 16.9. The number of hydrogen-bond acceptors (Lipinski definition) is 5. The lowest BCUT2D eigenvalue weighted by Crippen LogP contribution is -2.02. The first-order valence-corrected chi connectivity index (χ1v) is 7.80. The summed E-state index contributed by atoms with van der Waals surface area (Å²) in [6, 6.07) is 17.0. The highest BCUT2D eigenvalue weighted by atomic mass is 35.5. The molecular formula is C18H17ClN4O. The van der Waals surface area contributed by atoms with E-state index in [-0.39, 0.29) is 0 Å². The van der Waals surface area contributed by atoms with E-state index in [1.165, 1.54) is 0 Å². The molecule has 0 unspecified atom stereocenters. The van der Waals surface area contributed by atoms with Crippen LogP contribution in [-0.2, 0) is 0 Å². The molecule has 0 atom stereocenters. The monoisotopic (exact) mass is 340 g/mol. The number of ether oxygens (including phenoxy) is 1. The zero-order valence-electron chi connectivity index (χ0n) is 13.4. The predicted octanol–water partition coefficient (Wildman–Crippen LogP) is 4.93. The van der Waals surface area contributed by atoms with Crippen LogP contribution < -0.4 is 15.4 Å². The molecule has 1 aromatic heterocycles. The fraction of sp³-hybridized carbons (Fsp3) is 0.111. The van der Waals surface area contributed by atoms with Crippen molar-refractivity contribution in [3.05, 3.63) is 65.3 Å². The van der Waals surface area contributed by atoms with Crippen molar-refractivity contribution >= 4 is 34.7 Å². The van der Waals surface area contributed by atoms with Crippen LogP contribution in [0.2, 0.25) is 5.02 Å². The third-order valence-corrected chi connectivity index (χ3v) is 3.65. The summed E-state index contributed by atoms with van der Waals surface area (Å²) in [6.45, 7) is 1.91. The fourth-order valence-corrected chi connectivity index (χ4v) is 2.40. The molecule has 0 saturated carbocycles. The van der Waals surface area contributed by atoms with Crippen molar-refractivity contribution in [2.24, 2.45) is 0 Å². The Morgan fingerprint density at radius 2 is 1.79 bits per heavy atom. The number of rotatable bonds is 5. The van der Waals surface area contributed by atoms with Gasteiger partial charge in [0.05, 0.1) is 17.8 Å². The summed E-state index contributed by atoms with van der Waals surface area (Å²) >= 11 is 6.17. The number of methoxy groups -OCH3 is 1. The van der Waals surface area contributed by atoms with E-state index in [1.807, 2.05) is 61.5 Å². The maximum absolute atomic E-state index is 6.17. The van der Waals surface area contributed by atoms with Gasteiger partial charge in [0.1, 0.15) is 11.6 Å². The Balaban J connectivity index is 1.84. The summed E-state index contributed by atoms with van der Waals surface area (Å²) in [7, 11) is 1.64. The Kier molecular flexibility index (Phi) is 4.82. The summed E-state index contributed by atoms with van der Waals surface area (Å²) in [5, 5.41) is 7.01. The molecule has 0 amide bonds. The second-order valence-corrected chi connectivity index (χ2v) is 5.59. The molecule has 0 aliphatic carbocycles. The third kappa shape index (κ3) is 3.94. The van der Waals surface area contributed by atoms with Gasteiger partial charge >= 0.3 is 0 Å². The van der Waals surface area contributed by atoms with Gasteiger partial charge in [0.2, 0.25) is 5.95 Å². The SMILES string of the molecule is COc1cccc(Nc2cc(C)nc(Nc3ccccc3Cl)n2)c1. The van der Waals surface area contributed by atoms with Crippen LogP contribution in [0.3, 0.4) is 0 Å². The van der Waals surface area contributed by atoms with Crippen LogP contribution in [0.1, 0.15) is 5.69 Å². The normalized spacial score (nSPS) is 10.3. The van der Waals surface area contributed by atoms with Crippen molar-refractivity contribution in [1.82, 2.24) is 9.97 Å². The van der Waals surface area contributed by atoms with E-state index in [0.717, 1.165) is 22.8 Å². The Bertz CT molecular complexity index is 854. The van der Waals surface area contributed by atoms with Gasteiger partial charge in [-0.2, -0.15) is 4.98 Å². The van der Waals surface area contributed by atoms with E-state index in [1.54, 1.807) is 7.11 Å². The molecule has 6 heteroatoms. The fourth-order valence-electron chi connectivity index (χ4n) is 2.22. The van der Waals surface area contributed by atoms with Gasteiger partial charge in [-0.25, -0.2) is 4.98 Å². The standard InChI is InChI=1S/C18H17ClN4O/c1-12-10-17(21-13-6-5-7-14(11-13)24-2)23-18(20-12)22-16-9-4-3-8-15(16)19/h3-11H,1-2H3,(H2,20,21,22,23). The summed E-state index contributed by atoms with van der Waals surface area (Å²) in [5.74, 6) is 1.94. The minimum Gasteiger partial charge on any atom is -0.497 e. The first-order chi connectivity index (χ1) is 11.6. The molecule has 1 heterocycles. The molecule has 2 aromatic carbocycles. The van der Waals surface area contributed by atoms with E-state index in [9.17, 15) is 0 Å². The van der Waals surface area contributed by atoms with Crippen LogP contribution in [-0.4, -0.2) is 17.1 Å². The molecule has 0 bridgehead atoms. The molecule has 0 radical (unpaired) electrons. The van der Waals surface area contributed by atoms with Crippen molar-refractivity contribution in [3.63, 3.8) is 0 Å². The van der Waals surface area contributed by atoms with E-state index in [2.05, 4.69) is 20.6 Å². The average molecular weight is 341 g/mol. The van der Waals surface area contributed by atoms with Crippen molar-refractivity contribution < 1.29 is 4.74 Å². The number of nitrogens with zero attached hydrogens (tertiary/aromatic N) is 2. The first kappa shape index (κ1) is 16.1. The Morgan fingerprint density at radius 1 is 0.958 bits per heavy atom. The molecule has 0 aliphatic rings. The number of benzene rings is 2. The lowest BCUT2D eigenvalue weighted by molar-refractivity contribution is 0.415. The summed E-state index contributed by atoms with van der Waals surface area (Å²) in [6.07, 6.45) is 0. The largest absolute Gasteiger partial charge is 0.497 e. The molecule has 3 rings (SSSR count). The van der Waals surface area contributed by atoms with Crippen LogP contribution in [0.15, 0.2) is 54.6 Å². The highest BCUT2D eigenvalue weighted by molar-refractivity contribution is 6.33. The quantitative estimate of drug-likeness (QED) is 0.689. The second kappa shape index (κ2) is 7.19. The molecule has 24 heavy (non-hydrogen) atoms. The smallest absolute Gasteiger partial charge is 0.229 e. The molecular weight excluding hydrogens is 324 g/mol. The van der Waals surface area contributed by atoms with Gasteiger partial charge in [-0.05, 0) is 31.2 Å². The van der Waals surface area contributed by atoms with Crippen LogP contribution in [0, 0.1) is 6.92 Å². The molecule has 0 aliphatic heterocycles. The van der Waals surface area contributed by atoms with Crippen LogP contribution in [0.25, 0.3) is 0 Å². The van der Waals surface area contributed by atoms with Gasteiger partial charge in [-0.15, -0.1) is 0 Å². The summed E-state index contributed by atoms with van der Waals surface area (Å²) in [4.78, 5) is 8.89. The van der Waals surface area contributed by atoms with Gasteiger partial charge in [-0.1, -0.05) is 29.8 Å². The number of aromatic nitrogens is 2. The number of halogens is 1. The minimum absolute atomic E-state index is 0.480. The van der Waals surface area contributed by atoms with E-state index >= 15 is 0 Å². The number of aryl methyl sites for hydroxylation is 1. The molecule has 0 saturated heterocycles. The summed E-state index contributed by atoms with van der Waals surface area (Å²) in [5.41, 5.74) is 2.48. The minimum atomic E-state index is 0.480. The van der Waals surface area contributed by atoms with Gasteiger partial charge in [-0.3, -0.25) is 0 Å². The third-order valence-electron chi connectivity index (χ3n) is 3.32. The second-order valence-electron chi connectivity index (χ2n) is 5.18. The molecule has 122 valence electrons. The van der Waals surface area contributed by atoms with Crippen LogP contribution in [0.5, 0.6) is 5.75 Å². The van der Waals surface area contributed by atoms with Crippen LogP contribution >= 0.6 is 11.6 Å². The highest BCUT2D eigenvalue weighted by Crippen LogP contribution is 2.25. The summed E-state index contributed by atoms with van der Waals surface area (Å²) < 4.78 is 5.23. The lowest BCUT2D eigenvalue weighted by Gasteiger charge is -2.11. The molecule has 2 N–H and O–H groups in total. The van der Waals surface area contributed by atoms with Gasteiger partial charge in [0.15, 0.2) is 0 Å². The topological polar surface area (TPSA) is 59.1 Å². The molecule has 0 fully saturated rings. The maximum atomic E-state index is 6.17. The van der Waals surface area contributed by atoms with Crippen molar-refractivity contribution in [2.45, 2.75) is 6.92 Å². The van der Waals surface area contributed by atoms with E-state index in [0.29, 0.717) is 16.8 Å². The van der Waals surface area contributed by atoms with Gasteiger partial charge < -0.3 is 15.4 Å². The maximum Gasteiger partial charge on any atom is 0.229 e. The molecule has 0 spiro atoms. The number of para-hydroxylation sites is 1. The lowest BCUT2D eigenvalue weighted by atomic mass is 10.3. The van der Waals surface area contributed by atoms with Crippen molar-refractivity contribution in [2.75, 3.05) is 17.7 Å². The Morgan fingerprint density at radius 3 is 2.58 bits per heavy atom. The number of hydrogen-bond donors (Lipinski definition) is 2. The van der Waals surface area contributed by atoms with Gasteiger partial charge in [0.25, 0.3) is 0 Å². The van der Waals surface area contributed by atoms with Crippen molar-refractivity contribution in [3.8, 4) is 5.75 Å². The molecule has 5 nitrogen and oxygen atoms in total. The predicted molar refractivity (Wildman–Crippen MR) is 97.8 cm³/mol. The van der Waals surface area contributed by atoms with E-state index < -0.39 is 0 Å². The van der Waals surface area contributed by atoms with E-state index in [4.69, 9.17) is 16.3 Å². The zero-order valence-corrected chi connectivity index (χ0v) is 14.1. The first-order valence-electron chi connectivity index (χ1n) is 7.42. The average Bonchev–Trinajstić information content (AvgIpc) is 2.56. The van der Waals surface area contributed by atoms with Crippen LogP contribution in [0.4, 0.5) is 23.1 Å². The van der Waals surface area contributed by atoms with Gasteiger partial charge in [0, 0.05) is 23.5 Å². The number of anilines is 4. The Hall–Kier alpha value is -2.79. The van der Waals surface area contributed by atoms with Crippen molar-refractivity contribution in [1.29, 1.82) is 0 Å². The highest BCUT2D eigenvalue weighted by Gasteiger charge is 2.06.